The maximum atomic E-state index is 11.3. The van der Waals surface area contributed by atoms with Crippen LogP contribution in [-0.2, 0) is 0 Å². The minimum absolute atomic E-state index is 0.173. The van der Waals surface area contributed by atoms with E-state index in [-0.39, 0.29) is 10.6 Å². The molecule has 0 aromatic heterocycles. The first-order chi connectivity index (χ1) is 6.59. The molecule has 0 aliphatic rings. The van der Waals surface area contributed by atoms with E-state index in [1.165, 1.54) is 0 Å². The molecule has 1 radical (unpaired) electrons. The molecule has 4 nitrogen and oxygen atoms in total. The molecule has 0 spiro atoms. The molecule has 0 unspecified atom stereocenters. The fourth-order valence-corrected chi connectivity index (χ4v) is 0.993. The first-order valence-electron chi connectivity index (χ1n) is 3.65. The van der Waals surface area contributed by atoms with Crippen LogP contribution in [0.15, 0.2) is 29.4 Å². The number of nitrogens with two attached hydrogens (primary N) is 1. The van der Waals surface area contributed by atoms with Crippen molar-refractivity contribution in [3.63, 3.8) is 0 Å². The van der Waals surface area contributed by atoms with E-state index >= 15 is 0 Å². The molecule has 1 aromatic rings. The van der Waals surface area contributed by atoms with Crippen LogP contribution in [0.4, 0.5) is 0 Å². The summed E-state index contributed by atoms with van der Waals surface area (Å²) in [6.45, 7) is 0. The minimum atomic E-state index is -0.333. The Morgan fingerprint density at radius 2 is 2.00 bits per heavy atom. The number of halogens is 1. The fourth-order valence-electron chi connectivity index (χ4n) is 0.772. The van der Waals surface area contributed by atoms with Gasteiger partial charge in [0.25, 0.3) is 0 Å². The van der Waals surface area contributed by atoms with Gasteiger partial charge in [-0.3, -0.25) is 0 Å². The van der Waals surface area contributed by atoms with Crippen molar-refractivity contribution < 1.29 is 4.79 Å². The first-order valence-corrected chi connectivity index (χ1v) is 4.89. The average molecular weight is 276 g/mol. The van der Waals surface area contributed by atoms with E-state index < -0.39 is 0 Å². The predicted octanol–water partition coefficient (Wildman–Crippen LogP) is 0.468. The second-order valence-electron chi connectivity index (χ2n) is 2.40. The summed E-state index contributed by atoms with van der Waals surface area (Å²) in [4.78, 5) is 11.3. The van der Waals surface area contributed by atoms with E-state index in [4.69, 9.17) is 17.3 Å². The van der Waals surface area contributed by atoms with Gasteiger partial charge >= 0.3 is 94.2 Å². The standard InChI is InChI=1S/C8H7ClN3OSe/c9-6-3-1-5(2-4-6)7(13)11-12-8(10)14/h1-4H,(H2,10,12)(H,11,13). The maximum absolute atomic E-state index is 11.3. The zero-order valence-corrected chi connectivity index (χ0v) is 9.50. The normalized spacial score (nSPS) is 11.1. The van der Waals surface area contributed by atoms with Gasteiger partial charge in [0.15, 0.2) is 0 Å². The monoisotopic (exact) mass is 276 g/mol. The van der Waals surface area contributed by atoms with E-state index in [0.29, 0.717) is 10.6 Å². The Hall–Kier alpha value is -1.03. The van der Waals surface area contributed by atoms with E-state index in [2.05, 4.69) is 26.5 Å². The predicted molar refractivity (Wildman–Crippen MR) is 56.3 cm³/mol. The molecule has 14 heavy (non-hydrogen) atoms. The average Bonchev–Trinajstić information content (AvgIpc) is 2.15. The Morgan fingerprint density at radius 1 is 1.43 bits per heavy atom. The number of hydrogen-bond donors (Lipinski definition) is 2. The van der Waals surface area contributed by atoms with Gasteiger partial charge in [-0.15, -0.1) is 0 Å². The van der Waals surface area contributed by atoms with Crippen molar-refractivity contribution in [2.75, 3.05) is 0 Å². The van der Waals surface area contributed by atoms with Gasteiger partial charge in [-0.2, -0.15) is 0 Å². The summed E-state index contributed by atoms with van der Waals surface area (Å²) in [6, 6.07) is 6.45. The van der Waals surface area contributed by atoms with Crippen molar-refractivity contribution in [1.29, 1.82) is 0 Å². The third-order valence-electron chi connectivity index (χ3n) is 1.37. The number of nitrogens with one attached hydrogen (secondary N) is 1. The van der Waals surface area contributed by atoms with Crippen molar-refractivity contribution >= 4 is 38.3 Å². The summed E-state index contributed by atoms with van der Waals surface area (Å²) in [5.74, 6) is -0.333. The molecule has 0 aliphatic heterocycles. The summed E-state index contributed by atoms with van der Waals surface area (Å²) < 4.78 is 0.173. The number of nitrogens with zero attached hydrogens (tertiary/aromatic N) is 1. The number of hydrogen-bond acceptors (Lipinski definition) is 2. The number of amides is 1. The van der Waals surface area contributed by atoms with Crippen LogP contribution in [-0.4, -0.2) is 26.7 Å². The van der Waals surface area contributed by atoms with Gasteiger partial charge in [0.1, 0.15) is 0 Å². The summed E-state index contributed by atoms with van der Waals surface area (Å²) in [5.41, 5.74) is 7.94. The molecule has 1 aromatic carbocycles. The zero-order chi connectivity index (χ0) is 10.6. The van der Waals surface area contributed by atoms with E-state index in [9.17, 15) is 4.79 Å². The topological polar surface area (TPSA) is 67.5 Å². The molecule has 73 valence electrons. The van der Waals surface area contributed by atoms with Gasteiger partial charge < -0.3 is 0 Å². The first kappa shape index (κ1) is 11.0. The molecule has 3 N–H and O–H groups in total. The van der Waals surface area contributed by atoms with Crippen LogP contribution in [0.2, 0.25) is 5.02 Å². The molecule has 1 rings (SSSR count). The van der Waals surface area contributed by atoms with Crippen molar-refractivity contribution in [2.45, 2.75) is 0 Å². The summed E-state index contributed by atoms with van der Waals surface area (Å²) in [7, 11) is 0. The van der Waals surface area contributed by atoms with Crippen LogP contribution in [0.3, 0.4) is 0 Å². The second kappa shape index (κ2) is 5.00. The molecule has 0 saturated heterocycles. The fraction of sp³-hybridized carbons (Fsp3) is 0. The Labute approximate surface area is 94.3 Å². The summed E-state index contributed by atoms with van der Waals surface area (Å²) in [6.07, 6.45) is 0. The van der Waals surface area contributed by atoms with Crippen LogP contribution >= 0.6 is 11.6 Å². The number of amidine groups is 1. The van der Waals surface area contributed by atoms with E-state index in [1.54, 1.807) is 24.3 Å². The van der Waals surface area contributed by atoms with Crippen LogP contribution in [0.5, 0.6) is 0 Å². The van der Waals surface area contributed by atoms with Crippen molar-refractivity contribution in [1.82, 2.24) is 5.43 Å². The van der Waals surface area contributed by atoms with E-state index in [1.807, 2.05) is 0 Å². The van der Waals surface area contributed by atoms with E-state index in [0.717, 1.165) is 0 Å². The molecular weight excluding hydrogens is 269 g/mol. The Bertz CT molecular complexity index is 359. The SMILES string of the molecule is N/C([Se])=N/NC(=O)c1ccc(Cl)cc1. The molecule has 6 heteroatoms. The molecule has 0 atom stereocenters. The zero-order valence-electron chi connectivity index (χ0n) is 7.03. The van der Waals surface area contributed by atoms with Crippen LogP contribution in [0.25, 0.3) is 0 Å². The number of carbonyl (C=O) groups is 1. The molecule has 0 fully saturated rings. The number of carbonyl (C=O) groups excluding carboxylic acids is 1. The van der Waals surface area contributed by atoms with Gasteiger partial charge in [0, 0.05) is 0 Å². The Balaban J connectivity index is 2.70. The van der Waals surface area contributed by atoms with Crippen LogP contribution in [0.1, 0.15) is 10.4 Å². The van der Waals surface area contributed by atoms with Gasteiger partial charge in [0.05, 0.1) is 0 Å². The van der Waals surface area contributed by atoms with Crippen molar-refractivity contribution in [3.05, 3.63) is 34.9 Å². The molecule has 0 aliphatic carbocycles. The molecule has 1 amide bonds. The number of rotatable bonds is 2. The second-order valence-corrected chi connectivity index (χ2v) is 3.71. The Kier molecular flexibility index (Phi) is 3.95. The van der Waals surface area contributed by atoms with Gasteiger partial charge in [-0.1, -0.05) is 0 Å². The van der Waals surface area contributed by atoms with Gasteiger partial charge in [-0.05, 0) is 0 Å². The summed E-state index contributed by atoms with van der Waals surface area (Å²) >= 11 is 8.11. The van der Waals surface area contributed by atoms with Gasteiger partial charge in [-0.25, -0.2) is 0 Å². The van der Waals surface area contributed by atoms with Crippen LogP contribution in [0, 0.1) is 0 Å². The van der Waals surface area contributed by atoms with Gasteiger partial charge in [0.2, 0.25) is 0 Å². The van der Waals surface area contributed by atoms with Crippen molar-refractivity contribution in [2.24, 2.45) is 10.8 Å². The molecule has 0 heterocycles. The summed E-state index contributed by atoms with van der Waals surface area (Å²) in [5, 5.41) is 4.11. The quantitative estimate of drug-likeness (QED) is 0.356. The third kappa shape index (κ3) is 3.38. The molecule has 0 bridgehead atoms. The van der Waals surface area contributed by atoms with Crippen molar-refractivity contribution in [3.8, 4) is 0 Å². The Morgan fingerprint density at radius 3 is 2.50 bits per heavy atom. The third-order valence-corrected chi connectivity index (χ3v) is 1.82. The molecule has 0 saturated carbocycles. The molecular formula is C8H7ClN3OSe. The number of benzene rings is 1. The van der Waals surface area contributed by atoms with Crippen LogP contribution < -0.4 is 11.2 Å². The number of hydrazone groups is 1.